The Balaban J connectivity index is 1.75. The third-order valence-corrected chi connectivity index (χ3v) is 5.66. The van der Waals surface area contributed by atoms with Gasteiger partial charge in [-0.3, -0.25) is 9.59 Å². The summed E-state index contributed by atoms with van der Waals surface area (Å²) in [5.41, 5.74) is 1.59. The molecule has 8 heteroatoms. The van der Waals surface area contributed by atoms with Gasteiger partial charge in [0.05, 0.1) is 39.0 Å². The molecular formula is C22H25BrN2O5. The van der Waals surface area contributed by atoms with Gasteiger partial charge in [-0.25, -0.2) is 0 Å². The summed E-state index contributed by atoms with van der Waals surface area (Å²) in [4.78, 5) is 27.1. The van der Waals surface area contributed by atoms with E-state index in [9.17, 15) is 9.59 Å². The van der Waals surface area contributed by atoms with Crippen molar-refractivity contribution in [1.29, 1.82) is 0 Å². The Hall–Kier alpha value is -2.74. The molecule has 0 saturated carbocycles. The maximum absolute atomic E-state index is 12.8. The van der Waals surface area contributed by atoms with Crippen LogP contribution in [0.25, 0.3) is 0 Å². The van der Waals surface area contributed by atoms with E-state index in [0.717, 1.165) is 10.0 Å². The fourth-order valence-electron chi connectivity index (χ4n) is 3.55. The monoisotopic (exact) mass is 476 g/mol. The van der Waals surface area contributed by atoms with Crippen molar-refractivity contribution in [2.75, 3.05) is 32.8 Å². The zero-order valence-electron chi connectivity index (χ0n) is 17.4. The van der Waals surface area contributed by atoms with Crippen molar-refractivity contribution in [1.82, 2.24) is 5.32 Å². The molecule has 0 bridgehead atoms. The van der Waals surface area contributed by atoms with Crippen LogP contribution >= 0.6 is 15.9 Å². The van der Waals surface area contributed by atoms with Crippen molar-refractivity contribution in [3.63, 3.8) is 0 Å². The molecule has 1 heterocycles. The van der Waals surface area contributed by atoms with Gasteiger partial charge >= 0.3 is 0 Å². The van der Waals surface area contributed by atoms with Crippen LogP contribution in [0.3, 0.4) is 0 Å². The number of rotatable bonds is 7. The van der Waals surface area contributed by atoms with Crippen molar-refractivity contribution in [2.45, 2.75) is 19.4 Å². The van der Waals surface area contributed by atoms with Gasteiger partial charge in [-0.1, -0.05) is 28.1 Å². The number of hydrogen-bond acceptors (Lipinski definition) is 5. The molecule has 1 fully saturated rings. The summed E-state index contributed by atoms with van der Waals surface area (Å²) in [6, 6.07) is 11.0. The fourth-order valence-corrected chi connectivity index (χ4v) is 3.96. The molecular weight excluding hydrogens is 452 g/mol. The van der Waals surface area contributed by atoms with Crippen LogP contribution in [0, 0.1) is 5.92 Å². The van der Waals surface area contributed by atoms with E-state index in [4.69, 9.17) is 14.2 Å². The van der Waals surface area contributed by atoms with E-state index in [-0.39, 0.29) is 30.8 Å². The number of amides is 2. The van der Waals surface area contributed by atoms with Crippen molar-refractivity contribution in [2.24, 2.45) is 5.92 Å². The van der Waals surface area contributed by atoms with Crippen LogP contribution in [0.5, 0.6) is 17.2 Å². The molecule has 3 rings (SSSR count). The van der Waals surface area contributed by atoms with E-state index in [2.05, 4.69) is 21.2 Å². The van der Waals surface area contributed by atoms with Crippen LogP contribution in [0.15, 0.2) is 40.9 Å². The van der Waals surface area contributed by atoms with E-state index in [1.54, 1.807) is 17.0 Å². The minimum absolute atomic E-state index is 0.125. The molecule has 1 aliphatic heterocycles. The van der Waals surface area contributed by atoms with Gasteiger partial charge in [0, 0.05) is 29.6 Å². The van der Waals surface area contributed by atoms with Gasteiger partial charge in [-0.15, -0.1) is 0 Å². The van der Waals surface area contributed by atoms with Gasteiger partial charge in [0.1, 0.15) is 0 Å². The minimum Gasteiger partial charge on any atom is -0.493 e. The van der Waals surface area contributed by atoms with Gasteiger partial charge in [0.25, 0.3) is 0 Å². The average Bonchev–Trinajstić information content (AvgIpc) is 3.14. The molecule has 1 N–H and O–H groups in total. The Bertz CT molecular complexity index is 924. The highest BCUT2D eigenvalue weighted by Crippen LogP contribution is 2.42. The van der Waals surface area contributed by atoms with Gasteiger partial charge in [0.2, 0.25) is 17.6 Å². The van der Waals surface area contributed by atoms with Crippen molar-refractivity contribution in [3.05, 3.63) is 46.4 Å². The molecule has 2 amide bonds. The second-order valence-corrected chi connectivity index (χ2v) is 7.99. The highest BCUT2D eigenvalue weighted by molar-refractivity contribution is 9.10. The summed E-state index contributed by atoms with van der Waals surface area (Å²) in [6.45, 7) is 2.21. The lowest BCUT2D eigenvalue weighted by atomic mass is 10.1. The predicted molar refractivity (Wildman–Crippen MR) is 117 cm³/mol. The lowest BCUT2D eigenvalue weighted by Gasteiger charge is -2.21. The second-order valence-electron chi connectivity index (χ2n) is 7.07. The molecule has 30 heavy (non-hydrogen) atoms. The summed E-state index contributed by atoms with van der Waals surface area (Å²) in [5.74, 6) is 0.649. The number of ether oxygens (including phenoxy) is 3. The number of carbonyl (C=O) groups excluding carboxylic acids is 2. The zero-order valence-corrected chi connectivity index (χ0v) is 19.0. The van der Waals surface area contributed by atoms with E-state index in [0.29, 0.717) is 22.9 Å². The SMILES string of the molecule is COc1cc(N2CC(C(=O)NC(C)c3cccc(Br)c3)CC2=O)cc(OC)c1OC. The highest BCUT2D eigenvalue weighted by Gasteiger charge is 2.36. The molecule has 2 aromatic carbocycles. The van der Waals surface area contributed by atoms with Gasteiger partial charge < -0.3 is 24.4 Å². The predicted octanol–water partition coefficient (Wildman–Crippen LogP) is 3.71. The first-order valence-electron chi connectivity index (χ1n) is 9.54. The number of nitrogens with zero attached hydrogens (tertiary/aromatic N) is 1. The first kappa shape index (κ1) is 22.0. The highest BCUT2D eigenvalue weighted by atomic mass is 79.9. The Morgan fingerprint density at radius 3 is 2.37 bits per heavy atom. The van der Waals surface area contributed by atoms with E-state index < -0.39 is 5.92 Å². The number of hydrogen-bond donors (Lipinski definition) is 1. The van der Waals surface area contributed by atoms with Crippen LogP contribution in [0.2, 0.25) is 0 Å². The third-order valence-electron chi connectivity index (χ3n) is 5.16. The largest absolute Gasteiger partial charge is 0.493 e. The molecule has 0 radical (unpaired) electrons. The van der Waals surface area contributed by atoms with Crippen molar-refractivity contribution < 1.29 is 23.8 Å². The standard InChI is InChI=1S/C22H25BrN2O5/c1-13(14-6-5-7-16(23)8-14)24-22(27)15-9-20(26)25(12-15)17-10-18(28-2)21(30-4)19(11-17)29-3/h5-8,10-11,13,15H,9,12H2,1-4H3,(H,24,27). The smallest absolute Gasteiger partial charge is 0.227 e. The minimum atomic E-state index is -0.439. The number of carbonyl (C=O) groups is 2. The molecule has 2 aromatic rings. The molecule has 0 aliphatic carbocycles. The molecule has 0 spiro atoms. The Morgan fingerprint density at radius 2 is 1.80 bits per heavy atom. The molecule has 2 unspecified atom stereocenters. The van der Waals surface area contributed by atoms with E-state index in [1.807, 2.05) is 31.2 Å². The van der Waals surface area contributed by atoms with Gasteiger partial charge in [-0.05, 0) is 24.6 Å². The molecule has 2 atom stereocenters. The summed E-state index contributed by atoms with van der Waals surface area (Å²) in [5, 5.41) is 3.01. The van der Waals surface area contributed by atoms with Crippen molar-refractivity contribution >= 4 is 33.4 Å². The van der Waals surface area contributed by atoms with Crippen LogP contribution < -0.4 is 24.4 Å². The van der Waals surface area contributed by atoms with Crippen LogP contribution in [-0.4, -0.2) is 39.7 Å². The Labute approximate surface area is 184 Å². The first-order valence-corrected chi connectivity index (χ1v) is 10.3. The van der Waals surface area contributed by atoms with Crippen molar-refractivity contribution in [3.8, 4) is 17.2 Å². The normalized spacial score (nSPS) is 16.9. The van der Waals surface area contributed by atoms with Gasteiger partial charge in [-0.2, -0.15) is 0 Å². The summed E-state index contributed by atoms with van der Waals surface area (Å²) >= 11 is 3.44. The maximum Gasteiger partial charge on any atom is 0.227 e. The summed E-state index contributed by atoms with van der Waals surface area (Å²) < 4.78 is 17.0. The van der Waals surface area contributed by atoms with E-state index in [1.165, 1.54) is 21.3 Å². The zero-order chi connectivity index (χ0) is 21.8. The summed E-state index contributed by atoms with van der Waals surface area (Å²) in [6.07, 6.45) is 0.147. The third kappa shape index (κ3) is 4.53. The van der Waals surface area contributed by atoms with E-state index >= 15 is 0 Å². The topological polar surface area (TPSA) is 77.1 Å². The molecule has 1 aliphatic rings. The lowest BCUT2D eigenvalue weighted by Crippen LogP contribution is -2.34. The lowest BCUT2D eigenvalue weighted by molar-refractivity contribution is -0.126. The Morgan fingerprint density at radius 1 is 1.13 bits per heavy atom. The van der Waals surface area contributed by atoms with Crippen LogP contribution in [0.1, 0.15) is 24.9 Å². The number of methoxy groups -OCH3 is 3. The quantitative estimate of drug-likeness (QED) is 0.658. The Kier molecular flexibility index (Phi) is 6.87. The molecule has 160 valence electrons. The molecule has 1 saturated heterocycles. The first-order chi connectivity index (χ1) is 14.4. The molecule has 7 nitrogen and oxygen atoms in total. The number of benzene rings is 2. The second kappa shape index (κ2) is 9.38. The van der Waals surface area contributed by atoms with Gasteiger partial charge in [0.15, 0.2) is 11.5 Å². The maximum atomic E-state index is 12.8. The number of nitrogens with one attached hydrogen (secondary N) is 1. The fraction of sp³-hybridized carbons (Fsp3) is 0.364. The number of halogens is 1. The average molecular weight is 477 g/mol. The molecule has 0 aromatic heterocycles. The summed E-state index contributed by atoms with van der Waals surface area (Å²) in [7, 11) is 4.56. The van der Waals surface area contributed by atoms with Crippen LogP contribution in [-0.2, 0) is 9.59 Å². The van der Waals surface area contributed by atoms with Crippen LogP contribution in [0.4, 0.5) is 5.69 Å². The number of anilines is 1.